The van der Waals surface area contributed by atoms with Gasteiger partial charge in [-0.2, -0.15) is 0 Å². The third kappa shape index (κ3) is 4.84. The van der Waals surface area contributed by atoms with Gasteiger partial charge in [0.2, 0.25) is 0 Å². The fraction of sp³-hybridized carbons (Fsp3) is 0.0526. The van der Waals surface area contributed by atoms with Crippen molar-refractivity contribution in [2.24, 2.45) is 0 Å². The van der Waals surface area contributed by atoms with Crippen LogP contribution in [0.25, 0.3) is 0 Å². The molecule has 3 aromatic rings. The molecule has 0 atom stereocenters. The number of benzene rings is 2. The van der Waals surface area contributed by atoms with E-state index in [1.165, 1.54) is 30.7 Å². The molecule has 5 nitrogen and oxygen atoms in total. The second-order valence-electron chi connectivity index (χ2n) is 4.79. The van der Waals surface area contributed by atoms with E-state index in [-0.39, 0.29) is 11.5 Å². The van der Waals surface area contributed by atoms with Gasteiger partial charge in [-0.1, -0.05) is 30.3 Å². The van der Waals surface area contributed by atoms with Gasteiger partial charge in [-0.05, 0) is 36.8 Å². The summed E-state index contributed by atoms with van der Waals surface area (Å²) in [6, 6.07) is 19.7. The van der Waals surface area contributed by atoms with Gasteiger partial charge in [0, 0.05) is 11.8 Å². The lowest BCUT2D eigenvalue weighted by molar-refractivity contribution is 0.0695. The van der Waals surface area contributed by atoms with Crippen molar-refractivity contribution in [2.75, 3.05) is 5.32 Å². The Hall–Kier alpha value is -3.34. The third-order valence-corrected chi connectivity index (χ3v) is 3.03. The molecule has 1 aromatic heterocycles. The molecule has 0 spiro atoms. The van der Waals surface area contributed by atoms with Crippen LogP contribution in [-0.4, -0.2) is 17.0 Å². The number of nitrogens with one attached hydrogen (secondary N) is 1. The van der Waals surface area contributed by atoms with Crippen LogP contribution in [0.5, 0.6) is 0 Å². The van der Waals surface area contributed by atoms with Crippen molar-refractivity contribution in [3.63, 3.8) is 0 Å². The zero-order valence-corrected chi connectivity index (χ0v) is 12.9. The van der Waals surface area contributed by atoms with Crippen LogP contribution < -0.4 is 5.32 Å². The van der Waals surface area contributed by atoms with E-state index < -0.39 is 5.97 Å². The smallest absolute Gasteiger partial charge is 0.336 e. The van der Waals surface area contributed by atoms with Crippen molar-refractivity contribution in [1.82, 2.24) is 0 Å². The van der Waals surface area contributed by atoms with Crippen LogP contribution in [0.1, 0.15) is 26.3 Å². The first kappa shape index (κ1) is 17.0. The Morgan fingerprint density at radius 1 is 1.21 bits per heavy atom. The highest BCUT2D eigenvalue weighted by molar-refractivity contribution is 6.04. The summed E-state index contributed by atoms with van der Waals surface area (Å²) in [4.78, 5) is 22.6. The van der Waals surface area contributed by atoms with Gasteiger partial charge in [0.15, 0.2) is 0 Å². The van der Waals surface area contributed by atoms with Crippen LogP contribution in [0.3, 0.4) is 0 Å². The molecular weight excluding hydrogens is 306 g/mol. The number of carbonyl (C=O) groups excluding carboxylic acids is 1. The summed E-state index contributed by atoms with van der Waals surface area (Å²) in [5.41, 5.74) is 1.39. The highest BCUT2D eigenvalue weighted by Gasteiger charge is 2.11. The number of hydrogen-bond donors (Lipinski definition) is 2. The summed E-state index contributed by atoms with van der Waals surface area (Å²) in [6.45, 7) is 1.67. The molecule has 2 radical (unpaired) electrons. The maximum absolute atomic E-state index is 11.7. The van der Waals surface area contributed by atoms with Crippen molar-refractivity contribution >= 4 is 17.6 Å². The molecule has 3 rings (SSSR count). The fourth-order valence-corrected chi connectivity index (χ4v) is 1.80. The Labute approximate surface area is 139 Å². The lowest BCUT2D eigenvalue weighted by Gasteiger charge is -2.06. The topological polar surface area (TPSA) is 79.5 Å². The molecule has 120 valence electrons. The van der Waals surface area contributed by atoms with Gasteiger partial charge < -0.3 is 14.8 Å². The summed E-state index contributed by atoms with van der Waals surface area (Å²) in [6.07, 6.45) is 2.69. The summed E-state index contributed by atoms with van der Waals surface area (Å²) in [7, 11) is 0. The van der Waals surface area contributed by atoms with Gasteiger partial charge in [0.1, 0.15) is 6.26 Å². The minimum atomic E-state index is -1.04. The van der Waals surface area contributed by atoms with Gasteiger partial charge in [-0.15, -0.1) is 0 Å². The normalized spacial score (nSPS) is 9.54. The highest BCUT2D eigenvalue weighted by atomic mass is 16.4. The average Bonchev–Trinajstić information content (AvgIpc) is 3.13. The lowest BCUT2D eigenvalue weighted by atomic mass is 10.1. The largest absolute Gasteiger partial charge is 0.478 e. The zero-order valence-electron chi connectivity index (χ0n) is 12.9. The quantitative estimate of drug-likeness (QED) is 0.768. The molecule has 0 bridgehead atoms. The molecular formula is C19H15NO4. The number of anilines is 1. The summed E-state index contributed by atoms with van der Waals surface area (Å²) >= 11 is 0. The van der Waals surface area contributed by atoms with Crippen LogP contribution in [0.15, 0.2) is 65.5 Å². The monoisotopic (exact) mass is 321 g/mol. The number of hydrogen-bond acceptors (Lipinski definition) is 3. The summed E-state index contributed by atoms with van der Waals surface area (Å²) in [5.74, 6) is -1.42. The van der Waals surface area contributed by atoms with Gasteiger partial charge in [-0.3, -0.25) is 4.79 Å². The first-order valence-electron chi connectivity index (χ1n) is 7.08. The van der Waals surface area contributed by atoms with E-state index in [0.717, 1.165) is 0 Å². The van der Waals surface area contributed by atoms with E-state index in [0.29, 0.717) is 16.8 Å². The Kier molecular flexibility index (Phi) is 5.91. The molecule has 0 aliphatic rings. The van der Waals surface area contributed by atoms with Gasteiger partial charge >= 0.3 is 5.97 Å². The van der Waals surface area contributed by atoms with Crippen LogP contribution >= 0.6 is 0 Å². The Balaban J connectivity index is 0.000000292. The second kappa shape index (κ2) is 8.33. The maximum Gasteiger partial charge on any atom is 0.336 e. The molecule has 1 amide bonds. The highest BCUT2D eigenvalue weighted by Crippen LogP contribution is 2.15. The first-order valence-corrected chi connectivity index (χ1v) is 7.08. The van der Waals surface area contributed by atoms with Gasteiger partial charge in [0.25, 0.3) is 5.91 Å². The number of aromatic carboxylic acids is 1. The van der Waals surface area contributed by atoms with E-state index in [2.05, 4.69) is 17.4 Å². The standard InChI is InChI=1S/C13H10NO4.C6H5/c1-8-2-3-10(6-11(8)13(16)17)14-12(15)9-4-5-18-7-9;1-2-4-6-5-3-1/h2,4-7H,1H3,(H,14,15)(H,16,17);1-5H. The van der Waals surface area contributed by atoms with E-state index >= 15 is 0 Å². The molecule has 0 unspecified atom stereocenters. The average molecular weight is 321 g/mol. The number of furan rings is 1. The third-order valence-electron chi connectivity index (χ3n) is 3.03. The van der Waals surface area contributed by atoms with E-state index in [9.17, 15) is 9.59 Å². The minimum absolute atomic E-state index is 0.135. The fourth-order valence-electron chi connectivity index (χ4n) is 1.80. The van der Waals surface area contributed by atoms with E-state index in [1.54, 1.807) is 6.92 Å². The first-order chi connectivity index (χ1) is 11.6. The number of carbonyl (C=O) groups is 2. The van der Waals surface area contributed by atoms with Gasteiger partial charge in [-0.25, -0.2) is 4.79 Å². The maximum atomic E-state index is 11.7. The molecule has 1 heterocycles. The number of carboxylic acid groups (broad SMARTS) is 1. The predicted molar refractivity (Wildman–Crippen MR) is 88.9 cm³/mol. The number of aryl methyl sites for hydroxylation is 1. The molecule has 2 N–H and O–H groups in total. The van der Waals surface area contributed by atoms with Crippen molar-refractivity contribution in [3.8, 4) is 0 Å². The number of rotatable bonds is 3. The molecule has 0 aliphatic heterocycles. The van der Waals surface area contributed by atoms with Crippen LogP contribution in [0.4, 0.5) is 5.69 Å². The van der Waals surface area contributed by atoms with Crippen molar-refractivity contribution < 1.29 is 19.1 Å². The van der Waals surface area contributed by atoms with Gasteiger partial charge in [0.05, 0.1) is 17.4 Å². The van der Waals surface area contributed by atoms with E-state index in [4.69, 9.17) is 9.52 Å². The predicted octanol–water partition coefficient (Wildman–Crippen LogP) is 3.83. The Bertz CT molecular complexity index is 769. The molecule has 0 fully saturated rings. The summed E-state index contributed by atoms with van der Waals surface area (Å²) < 4.78 is 4.79. The molecule has 0 aliphatic carbocycles. The summed E-state index contributed by atoms with van der Waals surface area (Å²) in [5, 5.41) is 11.5. The SMILES string of the molecule is Cc1c[c]c(NC(=O)c2ccoc2)cc1C(=O)O.[c]1ccccc1. The van der Waals surface area contributed by atoms with Crippen molar-refractivity contribution in [2.45, 2.75) is 6.92 Å². The van der Waals surface area contributed by atoms with Crippen LogP contribution in [0, 0.1) is 19.1 Å². The molecule has 0 saturated heterocycles. The zero-order chi connectivity index (χ0) is 17.4. The molecule has 24 heavy (non-hydrogen) atoms. The van der Waals surface area contributed by atoms with Crippen molar-refractivity contribution in [3.05, 3.63) is 89.9 Å². The second-order valence-corrected chi connectivity index (χ2v) is 4.79. The Morgan fingerprint density at radius 2 is 1.96 bits per heavy atom. The minimum Gasteiger partial charge on any atom is -0.478 e. The molecule has 0 saturated carbocycles. The lowest BCUT2D eigenvalue weighted by Crippen LogP contribution is -2.12. The number of carboxylic acids is 1. The molecule has 2 aromatic carbocycles. The Morgan fingerprint density at radius 3 is 2.46 bits per heavy atom. The molecule has 5 heteroatoms. The van der Waals surface area contributed by atoms with Crippen molar-refractivity contribution in [1.29, 1.82) is 0 Å². The number of amides is 1. The van der Waals surface area contributed by atoms with Crippen LogP contribution in [0.2, 0.25) is 0 Å². The van der Waals surface area contributed by atoms with Crippen LogP contribution in [-0.2, 0) is 0 Å². The van der Waals surface area contributed by atoms with E-state index in [1.807, 2.05) is 30.3 Å².